The van der Waals surface area contributed by atoms with Crippen LogP contribution in [0.15, 0.2) is 84.0 Å². The quantitative estimate of drug-likeness (QED) is 0.232. The van der Waals surface area contributed by atoms with Gasteiger partial charge in [-0.1, -0.05) is 36.0 Å². The van der Waals surface area contributed by atoms with Gasteiger partial charge in [-0.3, -0.25) is 9.69 Å². The third-order valence-corrected chi connectivity index (χ3v) is 9.97. The fourth-order valence-corrected chi connectivity index (χ4v) is 7.69. The van der Waals surface area contributed by atoms with Crippen LogP contribution in [-0.2, 0) is 11.4 Å². The number of benzene rings is 3. The summed E-state index contributed by atoms with van der Waals surface area (Å²) in [5.41, 5.74) is 4.53. The van der Waals surface area contributed by atoms with Gasteiger partial charge in [0.05, 0.1) is 23.0 Å². The number of pyridine rings is 1. The fourth-order valence-electron chi connectivity index (χ4n) is 6.45. The van der Waals surface area contributed by atoms with Crippen molar-refractivity contribution < 1.29 is 19.1 Å². The van der Waals surface area contributed by atoms with Crippen LogP contribution >= 0.6 is 11.8 Å². The molecular formula is C36H34N6O4S. The minimum Gasteiger partial charge on any atom is -0.488 e. The molecule has 4 heterocycles. The predicted octanol–water partition coefficient (Wildman–Crippen LogP) is 6.22. The van der Waals surface area contributed by atoms with E-state index in [1.165, 1.54) is 11.8 Å². The molecule has 2 N–H and O–H groups in total. The van der Waals surface area contributed by atoms with E-state index in [0.717, 1.165) is 53.3 Å². The van der Waals surface area contributed by atoms with Gasteiger partial charge in [0.25, 0.3) is 0 Å². The molecule has 3 aliphatic heterocycles. The Hall–Kier alpha value is -5.05. The molecule has 0 spiro atoms. The number of anilines is 2. The molecule has 4 aromatic rings. The Morgan fingerprint density at radius 3 is 2.79 bits per heavy atom. The molecule has 1 fully saturated rings. The Morgan fingerprint density at radius 1 is 1.11 bits per heavy atom. The number of nitrogens with zero attached hydrogens (tertiary/aromatic N) is 4. The summed E-state index contributed by atoms with van der Waals surface area (Å²) >= 11 is 1.41. The number of para-hydroxylation sites is 1. The number of thioether (sulfide) groups is 1. The van der Waals surface area contributed by atoms with E-state index in [9.17, 15) is 14.9 Å². The molecule has 238 valence electrons. The van der Waals surface area contributed by atoms with Crippen LogP contribution in [0.25, 0.3) is 0 Å². The van der Waals surface area contributed by atoms with Crippen molar-refractivity contribution in [2.75, 3.05) is 25.0 Å². The third-order valence-electron chi connectivity index (χ3n) is 8.68. The van der Waals surface area contributed by atoms with E-state index in [4.69, 9.17) is 9.47 Å². The van der Waals surface area contributed by atoms with E-state index in [1.54, 1.807) is 29.3 Å². The highest BCUT2D eigenvalue weighted by molar-refractivity contribution is 8.01. The van der Waals surface area contributed by atoms with Gasteiger partial charge in [0.15, 0.2) is 0 Å². The zero-order valence-electron chi connectivity index (χ0n) is 26.1. The van der Waals surface area contributed by atoms with Crippen molar-refractivity contribution in [3.63, 3.8) is 0 Å². The summed E-state index contributed by atoms with van der Waals surface area (Å²) < 4.78 is 12.1. The van der Waals surface area contributed by atoms with Gasteiger partial charge in [-0.15, -0.1) is 0 Å². The summed E-state index contributed by atoms with van der Waals surface area (Å²) in [6, 6.07) is 23.7. The summed E-state index contributed by atoms with van der Waals surface area (Å²) in [7, 11) is 2.07. The molecule has 7 rings (SSSR count). The molecule has 3 atom stereocenters. The zero-order chi connectivity index (χ0) is 32.5. The van der Waals surface area contributed by atoms with Crippen molar-refractivity contribution in [2.45, 2.75) is 48.7 Å². The average Bonchev–Trinajstić information content (AvgIpc) is 3.44. The molecule has 3 amide bonds. The standard InChI is InChI=1S/C36H34N6O4S/c1-22-17-27(46-26-10-5-7-23(18-26)21-45-30-11-4-3-8-24(30)19-37)12-13-28(22)42-29-14-15-38-35-31(29)32(40-36(42)44)33(47-35)34(43)39-25-9-6-16-41(2)20-25/h3-5,7-8,10-15,17-18,25,32-33H,6,9,16,20-21H2,1-2H3,(H,39,43)(H,40,44)/t25?,32?,33-/m1/s1. The van der Waals surface area contributed by atoms with Gasteiger partial charge in [-0.2, -0.15) is 5.26 Å². The number of nitriles is 1. The molecule has 3 aromatic carbocycles. The number of urea groups is 1. The number of aromatic nitrogens is 1. The summed E-state index contributed by atoms with van der Waals surface area (Å²) in [6.07, 6.45) is 3.69. The maximum Gasteiger partial charge on any atom is 0.327 e. The van der Waals surface area contributed by atoms with Gasteiger partial charge in [0, 0.05) is 24.3 Å². The fraction of sp³-hybridized carbons (Fsp3) is 0.278. The van der Waals surface area contributed by atoms with Crippen LogP contribution < -0.4 is 25.0 Å². The number of carbonyl (C=O) groups is 2. The Morgan fingerprint density at radius 2 is 1.96 bits per heavy atom. The molecule has 0 saturated carbocycles. The monoisotopic (exact) mass is 646 g/mol. The maximum absolute atomic E-state index is 13.7. The first-order chi connectivity index (χ1) is 22.9. The van der Waals surface area contributed by atoms with E-state index in [1.807, 2.05) is 61.5 Å². The second-order valence-electron chi connectivity index (χ2n) is 12.1. The molecule has 47 heavy (non-hydrogen) atoms. The molecule has 11 heteroatoms. The molecule has 1 aromatic heterocycles. The number of aryl methyl sites for hydroxylation is 1. The van der Waals surface area contributed by atoms with Gasteiger partial charge >= 0.3 is 6.03 Å². The van der Waals surface area contributed by atoms with Crippen molar-refractivity contribution in [2.24, 2.45) is 0 Å². The number of amides is 3. The first-order valence-electron chi connectivity index (χ1n) is 15.6. The van der Waals surface area contributed by atoms with Crippen molar-refractivity contribution in [1.82, 2.24) is 20.5 Å². The number of nitrogens with one attached hydrogen (secondary N) is 2. The van der Waals surface area contributed by atoms with Crippen molar-refractivity contribution in [3.05, 3.63) is 101 Å². The lowest BCUT2D eigenvalue weighted by atomic mass is 9.98. The Balaban J connectivity index is 1.07. The summed E-state index contributed by atoms with van der Waals surface area (Å²) in [4.78, 5) is 35.6. The minimum absolute atomic E-state index is 0.0710. The third kappa shape index (κ3) is 6.22. The number of rotatable bonds is 8. The number of hydrogen-bond acceptors (Lipinski definition) is 8. The summed E-state index contributed by atoms with van der Waals surface area (Å²) in [5, 5.41) is 15.9. The largest absolute Gasteiger partial charge is 0.488 e. The molecular weight excluding hydrogens is 613 g/mol. The average molecular weight is 647 g/mol. The summed E-state index contributed by atoms with van der Waals surface area (Å²) in [5.74, 6) is 1.72. The second kappa shape index (κ2) is 13.0. The molecule has 1 saturated heterocycles. The van der Waals surface area contributed by atoms with Crippen LogP contribution in [-0.4, -0.2) is 53.3 Å². The highest BCUT2D eigenvalue weighted by atomic mass is 32.2. The highest BCUT2D eigenvalue weighted by Gasteiger charge is 2.47. The molecule has 2 unspecified atom stereocenters. The van der Waals surface area contributed by atoms with Crippen molar-refractivity contribution in [1.29, 1.82) is 5.26 Å². The Labute approximate surface area is 277 Å². The van der Waals surface area contributed by atoms with E-state index in [2.05, 4.69) is 33.6 Å². The lowest BCUT2D eigenvalue weighted by molar-refractivity contribution is -0.122. The molecule has 0 radical (unpaired) electrons. The SMILES string of the molecule is Cc1cc(Oc2cccc(COc3ccccc3C#N)c2)ccc1N1C(=O)NC2c3c1ccnc3S[C@H]2C(=O)NC1CCCN(C)C1. The lowest BCUT2D eigenvalue weighted by Crippen LogP contribution is -2.52. The van der Waals surface area contributed by atoms with Gasteiger partial charge in [-0.05, 0) is 93.0 Å². The number of carbonyl (C=O) groups excluding carboxylic acids is 2. The lowest BCUT2D eigenvalue weighted by Gasteiger charge is -2.35. The van der Waals surface area contributed by atoms with Crippen LogP contribution in [0.5, 0.6) is 17.2 Å². The normalized spacial score (nSPS) is 20.1. The maximum atomic E-state index is 13.7. The van der Waals surface area contributed by atoms with Crippen LogP contribution in [0.1, 0.15) is 41.1 Å². The van der Waals surface area contributed by atoms with Crippen LogP contribution in [0, 0.1) is 18.3 Å². The van der Waals surface area contributed by atoms with Crippen LogP contribution in [0.3, 0.4) is 0 Å². The Kier molecular flexibility index (Phi) is 8.45. The number of likely N-dealkylation sites (N-methyl/N-ethyl adjacent to an activating group) is 1. The van der Waals surface area contributed by atoms with E-state index in [-0.39, 0.29) is 24.6 Å². The van der Waals surface area contributed by atoms with E-state index in [0.29, 0.717) is 28.5 Å². The van der Waals surface area contributed by atoms with Gasteiger partial charge in [-0.25, -0.2) is 9.78 Å². The first kappa shape index (κ1) is 30.6. The molecule has 0 aliphatic carbocycles. The predicted molar refractivity (Wildman–Crippen MR) is 179 cm³/mol. The van der Waals surface area contributed by atoms with Gasteiger partial charge in [0.1, 0.15) is 40.2 Å². The van der Waals surface area contributed by atoms with Crippen LogP contribution in [0.2, 0.25) is 0 Å². The number of hydrogen-bond donors (Lipinski definition) is 2. The van der Waals surface area contributed by atoms with Gasteiger partial charge in [0.2, 0.25) is 5.91 Å². The molecule has 3 aliphatic rings. The Bertz CT molecular complexity index is 1890. The van der Waals surface area contributed by atoms with Crippen molar-refractivity contribution >= 4 is 35.1 Å². The summed E-state index contributed by atoms with van der Waals surface area (Å²) in [6.45, 7) is 4.08. The first-order valence-corrected chi connectivity index (χ1v) is 16.5. The second-order valence-corrected chi connectivity index (χ2v) is 13.2. The number of piperidine rings is 1. The topological polar surface area (TPSA) is 120 Å². The van der Waals surface area contributed by atoms with E-state index < -0.39 is 11.3 Å². The molecule has 0 bridgehead atoms. The number of likely N-dealkylation sites (tertiary alicyclic amines) is 1. The van der Waals surface area contributed by atoms with Gasteiger partial charge < -0.3 is 25.0 Å². The number of ether oxygens (including phenoxy) is 2. The minimum atomic E-state index is -0.490. The zero-order valence-corrected chi connectivity index (χ0v) is 26.9. The van der Waals surface area contributed by atoms with Crippen LogP contribution in [0.4, 0.5) is 16.2 Å². The highest BCUT2D eigenvalue weighted by Crippen LogP contribution is 2.51. The van der Waals surface area contributed by atoms with Crippen molar-refractivity contribution in [3.8, 4) is 23.3 Å². The molecule has 10 nitrogen and oxygen atoms in total. The van der Waals surface area contributed by atoms with E-state index >= 15 is 0 Å². The smallest absolute Gasteiger partial charge is 0.327 e.